The van der Waals surface area contributed by atoms with Gasteiger partial charge in [0, 0.05) is 31.6 Å². The van der Waals surface area contributed by atoms with E-state index in [1.807, 2.05) is 47.4 Å². The Morgan fingerprint density at radius 2 is 1.90 bits per heavy atom. The van der Waals surface area contributed by atoms with Crippen LogP contribution in [0.4, 0.5) is 4.39 Å². The zero-order valence-corrected chi connectivity index (χ0v) is 17.3. The van der Waals surface area contributed by atoms with E-state index in [9.17, 15) is 9.18 Å². The maximum Gasteiger partial charge on any atom is 0.272 e. The van der Waals surface area contributed by atoms with Crippen LogP contribution < -0.4 is 4.74 Å². The van der Waals surface area contributed by atoms with Crippen molar-refractivity contribution >= 4 is 5.91 Å². The van der Waals surface area contributed by atoms with Crippen molar-refractivity contribution in [2.24, 2.45) is 7.05 Å². The van der Waals surface area contributed by atoms with Crippen molar-refractivity contribution in [3.63, 3.8) is 0 Å². The molecule has 6 heteroatoms. The van der Waals surface area contributed by atoms with Crippen molar-refractivity contribution in [1.82, 2.24) is 14.7 Å². The summed E-state index contributed by atoms with van der Waals surface area (Å²) < 4.78 is 20.4. The largest absolute Gasteiger partial charge is 0.496 e. The second kappa shape index (κ2) is 8.69. The molecule has 1 saturated heterocycles. The smallest absolute Gasteiger partial charge is 0.272 e. The predicted molar refractivity (Wildman–Crippen MR) is 114 cm³/mol. The predicted octanol–water partition coefficient (Wildman–Crippen LogP) is 4.64. The second-order valence-electron chi connectivity index (χ2n) is 7.73. The van der Waals surface area contributed by atoms with Crippen LogP contribution in [-0.4, -0.2) is 40.8 Å². The normalized spacial score (nSPS) is 16.9. The van der Waals surface area contributed by atoms with Crippen molar-refractivity contribution in [2.75, 3.05) is 20.2 Å². The monoisotopic (exact) mass is 407 g/mol. The van der Waals surface area contributed by atoms with Crippen molar-refractivity contribution < 1.29 is 13.9 Å². The van der Waals surface area contributed by atoms with Crippen molar-refractivity contribution in [3.05, 3.63) is 71.7 Å². The fraction of sp³-hybridized carbons (Fsp3) is 0.333. The average molecular weight is 407 g/mol. The number of carbonyl (C=O) groups is 1. The Bertz CT molecular complexity index is 1030. The highest BCUT2D eigenvalue weighted by molar-refractivity contribution is 5.94. The van der Waals surface area contributed by atoms with Crippen LogP contribution in [0.3, 0.4) is 0 Å². The third-order valence-electron chi connectivity index (χ3n) is 5.78. The first-order valence-corrected chi connectivity index (χ1v) is 10.3. The van der Waals surface area contributed by atoms with Crippen molar-refractivity contribution in [3.8, 4) is 17.0 Å². The summed E-state index contributed by atoms with van der Waals surface area (Å²) >= 11 is 0. The number of methoxy groups -OCH3 is 1. The SMILES string of the molecule is COc1ccccc1-c1cc(C(=O)N2CCCCC(c3ccc(F)cc3)C2)n(C)n1. The van der Waals surface area contributed by atoms with Gasteiger partial charge in [-0.1, -0.05) is 30.7 Å². The minimum absolute atomic E-state index is 0.0276. The molecule has 2 heterocycles. The molecule has 0 spiro atoms. The Labute approximate surface area is 176 Å². The number of aromatic nitrogens is 2. The molecule has 3 aromatic rings. The molecule has 0 N–H and O–H groups in total. The Hall–Kier alpha value is -3.15. The Morgan fingerprint density at radius 3 is 2.67 bits per heavy atom. The van der Waals surface area contributed by atoms with E-state index in [4.69, 9.17) is 4.74 Å². The fourth-order valence-corrected chi connectivity index (χ4v) is 4.15. The molecule has 1 amide bonds. The minimum atomic E-state index is -0.237. The maximum atomic E-state index is 13.4. The molecule has 1 aromatic heterocycles. The number of nitrogens with zero attached hydrogens (tertiary/aromatic N) is 3. The number of benzene rings is 2. The van der Waals surface area contributed by atoms with E-state index < -0.39 is 0 Å². The van der Waals surface area contributed by atoms with Gasteiger partial charge in [-0.25, -0.2) is 4.39 Å². The molecule has 30 heavy (non-hydrogen) atoms. The summed E-state index contributed by atoms with van der Waals surface area (Å²) in [6.07, 6.45) is 3.00. The van der Waals surface area contributed by atoms with Crippen molar-refractivity contribution in [1.29, 1.82) is 0 Å². The number of aryl methyl sites for hydroxylation is 1. The molecular formula is C24H26FN3O2. The maximum absolute atomic E-state index is 13.4. The van der Waals surface area contributed by atoms with Crippen LogP contribution in [-0.2, 0) is 7.05 Å². The van der Waals surface area contributed by atoms with Crippen LogP contribution in [0.15, 0.2) is 54.6 Å². The third kappa shape index (κ3) is 4.08. The molecule has 1 aliphatic rings. The second-order valence-corrected chi connectivity index (χ2v) is 7.73. The van der Waals surface area contributed by atoms with Gasteiger partial charge in [-0.2, -0.15) is 5.10 Å². The average Bonchev–Trinajstić information content (AvgIpc) is 2.98. The number of halogens is 1. The van der Waals surface area contributed by atoms with Gasteiger partial charge >= 0.3 is 0 Å². The molecule has 1 unspecified atom stereocenters. The molecule has 1 atom stereocenters. The molecule has 1 aliphatic heterocycles. The number of amides is 1. The molecule has 0 bridgehead atoms. The van der Waals surface area contributed by atoms with Gasteiger partial charge in [0.15, 0.2) is 0 Å². The van der Waals surface area contributed by atoms with Gasteiger partial charge in [0.25, 0.3) is 5.91 Å². The van der Waals surface area contributed by atoms with E-state index in [-0.39, 0.29) is 17.6 Å². The van der Waals surface area contributed by atoms with Crippen LogP contribution in [0, 0.1) is 5.82 Å². The third-order valence-corrected chi connectivity index (χ3v) is 5.78. The van der Waals surface area contributed by atoms with Gasteiger partial charge in [0.2, 0.25) is 0 Å². The van der Waals surface area contributed by atoms with Gasteiger partial charge in [-0.05, 0) is 48.7 Å². The standard InChI is InChI=1S/C24H26FN3O2/c1-27-22(15-21(26-27)20-8-3-4-9-23(20)30-2)24(29)28-14-6-5-7-18(16-28)17-10-12-19(25)13-11-17/h3-4,8-13,15,18H,5-7,14,16H2,1-2H3. The van der Waals surface area contributed by atoms with Crippen LogP contribution in [0.25, 0.3) is 11.3 Å². The van der Waals surface area contributed by atoms with Gasteiger partial charge in [0.1, 0.15) is 17.3 Å². The summed E-state index contributed by atoms with van der Waals surface area (Å²) in [7, 11) is 3.42. The molecule has 4 rings (SSSR count). The van der Waals surface area contributed by atoms with E-state index in [2.05, 4.69) is 5.10 Å². The first-order chi connectivity index (χ1) is 14.6. The van der Waals surface area contributed by atoms with Gasteiger partial charge < -0.3 is 9.64 Å². The summed E-state index contributed by atoms with van der Waals surface area (Å²) in [6.45, 7) is 1.34. The van der Waals surface area contributed by atoms with E-state index in [1.54, 1.807) is 18.8 Å². The van der Waals surface area contributed by atoms with Gasteiger partial charge in [-0.3, -0.25) is 9.48 Å². The van der Waals surface area contributed by atoms with Crippen LogP contribution in [0.5, 0.6) is 5.75 Å². The number of hydrogen-bond donors (Lipinski definition) is 0. The molecule has 0 radical (unpaired) electrons. The highest BCUT2D eigenvalue weighted by Crippen LogP contribution is 2.31. The molecule has 5 nitrogen and oxygen atoms in total. The summed E-state index contributed by atoms with van der Waals surface area (Å²) in [5, 5.41) is 4.56. The molecule has 0 aliphatic carbocycles. The van der Waals surface area contributed by atoms with Crippen LogP contribution in [0.2, 0.25) is 0 Å². The van der Waals surface area contributed by atoms with E-state index in [0.717, 1.165) is 36.1 Å². The zero-order valence-electron chi connectivity index (χ0n) is 17.3. The Kier molecular flexibility index (Phi) is 5.84. The molecule has 1 fully saturated rings. The van der Waals surface area contributed by atoms with E-state index in [0.29, 0.717) is 24.5 Å². The van der Waals surface area contributed by atoms with Crippen LogP contribution in [0.1, 0.15) is 41.2 Å². The lowest BCUT2D eigenvalue weighted by Gasteiger charge is -2.24. The topological polar surface area (TPSA) is 47.4 Å². The number of likely N-dealkylation sites (tertiary alicyclic amines) is 1. The van der Waals surface area contributed by atoms with Gasteiger partial charge in [0.05, 0.1) is 12.8 Å². The number of carbonyl (C=O) groups excluding carboxylic acids is 1. The lowest BCUT2D eigenvalue weighted by atomic mass is 9.94. The lowest BCUT2D eigenvalue weighted by molar-refractivity contribution is 0.0743. The number of ether oxygens (including phenoxy) is 1. The molecule has 0 saturated carbocycles. The number of para-hydroxylation sites is 1. The lowest BCUT2D eigenvalue weighted by Crippen LogP contribution is -2.35. The van der Waals surface area contributed by atoms with Crippen LogP contribution >= 0.6 is 0 Å². The van der Waals surface area contributed by atoms with Crippen molar-refractivity contribution in [2.45, 2.75) is 25.2 Å². The molecule has 2 aromatic carbocycles. The fourth-order valence-electron chi connectivity index (χ4n) is 4.15. The molecule has 156 valence electrons. The van der Waals surface area contributed by atoms with E-state index in [1.165, 1.54) is 12.1 Å². The Morgan fingerprint density at radius 1 is 1.13 bits per heavy atom. The molecular weight excluding hydrogens is 381 g/mol. The summed E-state index contributed by atoms with van der Waals surface area (Å²) in [6, 6.07) is 16.1. The summed E-state index contributed by atoms with van der Waals surface area (Å²) in [5.74, 6) is 0.666. The number of rotatable bonds is 4. The quantitative estimate of drug-likeness (QED) is 0.633. The van der Waals surface area contributed by atoms with E-state index >= 15 is 0 Å². The minimum Gasteiger partial charge on any atom is -0.496 e. The zero-order chi connectivity index (χ0) is 21.1. The first kappa shape index (κ1) is 20.1. The highest BCUT2D eigenvalue weighted by Gasteiger charge is 2.26. The summed E-state index contributed by atoms with van der Waals surface area (Å²) in [4.78, 5) is 15.3. The van der Waals surface area contributed by atoms with Gasteiger partial charge in [-0.15, -0.1) is 0 Å². The Balaban J connectivity index is 1.59. The summed E-state index contributed by atoms with van der Waals surface area (Å²) in [5.41, 5.74) is 3.20. The first-order valence-electron chi connectivity index (χ1n) is 10.3. The number of hydrogen-bond acceptors (Lipinski definition) is 3. The highest BCUT2D eigenvalue weighted by atomic mass is 19.1.